The van der Waals surface area contributed by atoms with Crippen molar-refractivity contribution in [3.8, 4) is 22.7 Å². The van der Waals surface area contributed by atoms with Gasteiger partial charge >= 0.3 is 0 Å². The van der Waals surface area contributed by atoms with Crippen LogP contribution in [0.3, 0.4) is 0 Å². The van der Waals surface area contributed by atoms with Crippen LogP contribution in [0.1, 0.15) is 18.1 Å². The first-order valence-corrected chi connectivity index (χ1v) is 13.2. The standard InChI is InChI=1S/C33H25ClN4O2/c1-23-31(33(39)38(35-23)29-12-6-3-7-13-29)20-26-21-37(28-10-4-2-5-11-28)36-32(26)25-9-8-14-30(19-25)40-22-24-15-17-27(34)18-16-24/h2-21H,22H2,1H3. The van der Waals surface area contributed by atoms with E-state index in [1.54, 1.807) is 0 Å². The topological polar surface area (TPSA) is 59.7 Å². The molecule has 0 aliphatic carbocycles. The molecule has 0 unspecified atom stereocenters. The number of hydrogen-bond donors (Lipinski definition) is 0. The molecule has 2 heterocycles. The van der Waals surface area contributed by atoms with Crippen LogP contribution in [0.5, 0.6) is 5.75 Å². The number of para-hydroxylation sites is 2. The third-order valence-corrected chi connectivity index (χ3v) is 6.80. The maximum Gasteiger partial charge on any atom is 0.280 e. The highest BCUT2D eigenvalue weighted by Crippen LogP contribution is 2.31. The Kier molecular flexibility index (Phi) is 7.00. The lowest BCUT2D eigenvalue weighted by molar-refractivity contribution is -0.114. The van der Waals surface area contributed by atoms with E-state index in [1.165, 1.54) is 5.01 Å². The Hall–Kier alpha value is -4.94. The van der Waals surface area contributed by atoms with Crippen molar-refractivity contribution in [3.05, 3.63) is 137 Å². The average Bonchev–Trinajstić information content (AvgIpc) is 3.55. The van der Waals surface area contributed by atoms with E-state index in [0.29, 0.717) is 28.7 Å². The number of rotatable bonds is 7. The van der Waals surface area contributed by atoms with Crippen LogP contribution < -0.4 is 9.75 Å². The van der Waals surface area contributed by atoms with Crippen LogP contribution in [-0.4, -0.2) is 21.4 Å². The third-order valence-electron chi connectivity index (χ3n) is 6.55. The summed E-state index contributed by atoms with van der Waals surface area (Å²) < 4.78 is 7.91. The highest BCUT2D eigenvalue weighted by molar-refractivity contribution is 6.32. The van der Waals surface area contributed by atoms with Gasteiger partial charge in [-0.05, 0) is 67.1 Å². The number of amides is 1. The lowest BCUT2D eigenvalue weighted by Crippen LogP contribution is -2.21. The third kappa shape index (κ3) is 5.30. The summed E-state index contributed by atoms with van der Waals surface area (Å²) in [7, 11) is 0. The number of ether oxygens (including phenoxy) is 1. The average molecular weight is 545 g/mol. The predicted molar refractivity (Wildman–Crippen MR) is 160 cm³/mol. The normalized spacial score (nSPS) is 14.1. The second-order valence-electron chi connectivity index (χ2n) is 9.35. The van der Waals surface area contributed by atoms with Gasteiger partial charge in [0.15, 0.2) is 0 Å². The molecule has 1 aliphatic rings. The number of carbonyl (C=O) groups is 1. The zero-order chi connectivity index (χ0) is 27.5. The van der Waals surface area contributed by atoms with E-state index in [9.17, 15) is 4.79 Å². The van der Waals surface area contributed by atoms with Crippen LogP contribution in [0, 0.1) is 0 Å². The second-order valence-corrected chi connectivity index (χ2v) is 9.79. The van der Waals surface area contributed by atoms with Gasteiger partial charge in [0, 0.05) is 22.3 Å². The smallest absolute Gasteiger partial charge is 0.280 e. The number of carbonyl (C=O) groups excluding carboxylic acids is 1. The Morgan fingerprint density at radius 3 is 2.27 bits per heavy atom. The molecular formula is C33H25ClN4O2. The van der Waals surface area contributed by atoms with E-state index in [1.807, 2.05) is 133 Å². The molecular weight excluding hydrogens is 520 g/mol. The zero-order valence-corrected chi connectivity index (χ0v) is 22.5. The number of nitrogens with zero attached hydrogens (tertiary/aromatic N) is 4. The van der Waals surface area contributed by atoms with Crippen molar-refractivity contribution < 1.29 is 9.53 Å². The SMILES string of the molecule is CC1=NN(c2ccccc2)C(=O)C1=Cc1cn(-c2ccccc2)nc1-c1cccc(OCc2ccc(Cl)cc2)c1. The number of benzene rings is 4. The van der Waals surface area contributed by atoms with Gasteiger partial charge in [-0.3, -0.25) is 4.79 Å². The first kappa shape index (κ1) is 25.3. The van der Waals surface area contributed by atoms with Crippen LogP contribution in [0.25, 0.3) is 23.0 Å². The van der Waals surface area contributed by atoms with Crippen molar-refractivity contribution in [2.24, 2.45) is 5.10 Å². The highest BCUT2D eigenvalue weighted by atomic mass is 35.5. The Morgan fingerprint density at radius 1 is 0.850 bits per heavy atom. The molecule has 5 aromatic rings. The molecule has 0 saturated heterocycles. The van der Waals surface area contributed by atoms with Crippen molar-refractivity contribution in [2.45, 2.75) is 13.5 Å². The fraction of sp³-hybridized carbons (Fsp3) is 0.0606. The minimum Gasteiger partial charge on any atom is -0.489 e. The van der Waals surface area contributed by atoms with Gasteiger partial charge in [0.2, 0.25) is 0 Å². The van der Waals surface area contributed by atoms with Gasteiger partial charge in [-0.15, -0.1) is 0 Å². The number of anilines is 1. The summed E-state index contributed by atoms with van der Waals surface area (Å²) in [5.74, 6) is 0.535. The number of halogens is 1. The lowest BCUT2D eigenvalue weighted by atomic mass is 10.0. The second kappa shape index (κ2) is 11.0. The van der Waals surface area contributed by atoms with Crippen LogP contribution in [-0.2, 0) is 11.4 Å². The van der Waals surface area contributed by atoms with Crippen molar-refractivity contribution in [1.29, 1.82) is 0 Å². The van der Waals surface area contributed by atoms with E-state index in [-0.39, 0.29) is 5.91 Å². The van der Waals surface area contributed by atoms with Gasteiger partial charge in [0.05, 0.1) is 22.7 Å². The monoisotopic (exact) mass is 544 g/mol. The molecule has 0 bridgehead atoms. The summed E-state index contributed by atoms with van der Waals surface area (Å²) in [6, 6.07) is 34.7. The molecule has 4 aromatic carbocycles. The lowest BCUT2D eigenvalue weighted by Gasteiger charge is -2.11. The molecule has 7 heteroatoms. The molecule has 0 atom stereocenters. The van der Waals surface area contributed by atoms with Gasteiger partial charge in [-0.2, -0.15) is 15.2 Å². The Labute approximate surface area is 237 Å². The Bertz CT molecular complexity index is 1730. The van der Waals surface area contributed by atoms with Crippen molar-refractivity contribution in [3.63, 3.8) is 0 Å². The molecule has 0 fully saturated rings. The molecule has 0 N–H and O–H groups in total. The molecule has 0 radical (unpaired) electrons. The molecule has 0 spiro atoms. The molecule has 1 aromatic heterocycles. The first-order chi connectivity index (χ1) is 19.5. The number of aromatic nitrogens is 2. The highest BCUT2D eigenvalue weighted by Gasteiger charge is 2.29. The van der Waals surface area contributed by atoms with Gasteiger partial charge in [0.25, 0.3) is 5.91 Å². The Balaban J connectivity index is 1.36. The van der Waals surface area contributed by atoms with E-state index in [0.717, 1.165) is 33.8 Å². The molecule has 6 nitrogen and oxygen atoms in total. The molecule has 1 aliphatic heterocycles. The summed E-state index contributed by atoms with van der Waals surface area (Å²) >= 11 is 6.01. The zero-order valence-electron chi connectivity index (χ0n) is 21.7. The van der Waals surface area contributed by atoms with Crippen molar-refractivity contribution >= 4 is 35.0 Å². The predicted octanol–water partition coefficient (Wildman–Crippen LogP) is 7.58. The first-order valence-electron chi connectivity index (χ1n) is 12.8. The summed E-state index contributed by atoms with van der Waals surface area (Å²) in [5, 5.41) is 11.6. The molecule has 0 saturated carbocycles. The fourth-order valence-corrected chi connectivity index (χ4v) is 4.62. The summed E-state index contributed by atoms with van der Waals surface area (Å²) in [6.07, 6.45) is 3.80. The number of hydrogen-bond acceptors (Lipinski definition) is 4. The quantitative estimate of drug-likeness (QED) is 0.198. The minimum atomic E-state index is -0.179. The number of hydrazone groups is 1. The molecule has 196 valence electrons. The molecule has 40 heavy (non-hydrogen) atoms. The van der Waals surface area contributed by atoms with Gasteiger partial charge in [-0.1, -0.05) is 72.3 Å². The summed E-state index contributed by atoms with van der Waals surface area (Å²) in [5.41, 5.74) is 6.22. The van der Waals surface area contributed by atoms with Crippen LogP contribution in [0.4, 0.5) is 5.69 Å². The van der Waals surface area contributed by atoms with Crippen LogP contribution in [0.2, 0.25) is 5.02 Å². The Morgan fingerprint density at radius 2 is 1.55 bits per heavy atom. The van der Waals surface area contributed by atoms with Gasteiger partial charge < -0.3 is 4.74 Å². The molecule has 1 amide bonds. The summed E-state index contributed by atoms with van der Waals surface area (Å²) in [6.45, 7) is 2.26. The molecule has 6 rings (SSSR count). The summed E-state index contributed by atoms with van der Waals surface area (Å²) in [4.78, 5) is 13.4. The van der Waals surface area contributed by atoms with Crippen molar-refractivity contribution in [2.75, 3.05) is 5.01 Å². The van der Waals surface area contributed by atoms with Crippen LogP contribution >= 0.6 is 11.6 Å². The van der Waals surface area contributed by atoms with E-state index in [2.05, 4.69) is 5.10 Å². The fourth-order valence-electron chi connectivity index (χ4n) is 4.49. The van der Waals surface area contributed by atoms with Gasteiger partial charge in [-0.25, -0.2) is 4.68 Å². The van der Waals surface area contributed by atoms with E-state index in [4.69, 9.17) is 21.4 Å². The minimum absolute atomic E-state index is 0.179. The maximum absolute atomic E-state index is 13.4. The van der Waals surface area contributed by atoms with Gasteiger partial charge in [0.1, 0.15) is 18.1 Å². The largest absolute Gasteiger partial charge is 0.489 e. The van der Waals surface area contributed by atoms with E-state index < -0.39 is 0 Å². The van der Waals surface area contributed by atoms with Crippen molar-refractivity contribution in [1.82, 2.24) is 9.78 Å². The van der Waals surface area contributed by atoms with E-state index >= 15 is 0 Å². The van der Waals surface area contributed by atoms with Crippen LogP contribution in [0.15, 0.2) is 126 Å². The maximum atomic E-state index is 13.4.